The number of benzene rings is 1. The maximum atomic E-state index is 14.7. The lowest BCUT2D eigenvalue weighted by atomic mass is 10.0. The van der Waals surface area contributed by atoms with Gasteiger partial charge in [0, 0.05) is 54.9 Å². The van der Waals surface area contributed by atoms with Crippen molar-refractivity contribution in [1.82, 2.24) is 39.9 Å². The van der Waals surface area contributed by atoms with Gasteiger partial charge in [-0.05, 0) is 105 Å². The summed E-state index contributed by atoms with van der Waals surface area (Å²) < 4.78 is 14.7. The van der Waals surface area contributed by atoms with E-state index < -0.39 is 0 Å². The van der Waals surface area contributed by atoms with E-state index in [0.717, 1.165) is 82.9 Å². The van der Waals surface area contributed by atoms with Crippen LogP contribution >= 0.6 is 0 Å². The molecular formula is C33H34FN9. The molecule has 43 heavy (non-hydrogen) atoms. The van der Waals surface area contributed by atoms with Gasteiger partial charge in [-0.2, -0.15) is 5.10 Å². The number of aromatic amines is 2. The van der Waals surface area contributed by atoms with Crippen LogP contribution in [0.5, 0.6) is 0 Å². The van der Waals surface area contributed by atoms with E-state index in [9.17, 15) is 4.39 Å². The summed E-state index contributed by atoms with van der Waals surface area (Å²) in [5.74, 6) is -0.292. The molecule has 0 atom stereocenters. The Morgan fingerprint density at radius 1 is 1.00 bits per heavy atom. The molecule has 6 aromatic rings. The van der Waals surface area contributed by atoms with Gasteiger partial charge in [-0.1, -0.05) is 0 Å². The molecule has 0 bridgehead atoms. The van der Waals surface area contributed by atoms with Crippen molar-refractivity contribution >= 4 is 27.8 Å². The summed E-state index contributed by atoms with van der Waals surface area (Å²) >= 11 is 0. The minimum atomic E-state index is -0.292. The Balaban J connectivity index is 1.22. The fourth-order valence-electron chi connectivity index (χ4n) is 5.84. The first kappa shape index (κ1) is 27.2. The molecule has 10 heteroatoms. The Morgan fingerprint density at radius 3 is 2.74 bits per heavy atom. The number of pyridine rings is 3. The van der Waals surface area contributed by atoms with Gasteiger partial charge in [-0.25, -0.2) is 14.4 Å². The summed E-state index contributed by atoms with van der Waals surface area (Å²) in [6.07, 6.45) is 8.07. The molecule has 1 aliphatic heterocycles. The Hall–Kier alpha value is -4.67. The number of rotatable bonds is 9. The van der Waals surface area contributed by atoms with Gasteiger partial charge in [-0.15, -0.1) is 0 Å². The van der Waals surface area contributed by atoms with Gasteiger partial charge in [0.25, 0.3) is 0 Å². The fourth-order valence-corrected chi connectivity index (χ4v) is 5.84. The van der Waals surface area contributed by atoms with Crippen LogP contribution in [0.2, 0.25) is 0 Å². The number of anilines is 1. The molecule has 0 radical (unpaired) electrons. The lowest BCUT2D eigenvalue weighted by molar-refractivity contribution is 0.331. The highest BCUT2D eigenvalue weighted by Crippen LogP contribution is 2.34. The minimum Gasteiger partial charge on any atom is -0.384 e. The standard InChI is InChI=1S/C33H34FN9/c1-42(2)12-9-36-25-15-22(14-24(34)16-25)26-7-8-37-33-27(26)17-30(39-33)32-31-29(40-41-32)6-5-28(38-31)23-13-21(18-35-19-23)20-43-10-3-4-11-43/h5-8,13-19,36H,3-4,9-12,20H2,1-2H3,(H,37,39)(H,40,41). The molecule has 218 valence electrons. The van der Waals surface area contributed by atoms with Crippen molar-refractivity contribution in [1.29, 1.82) is 0 Å². The summed E-state index contributed by atoms with van der Waals surface area (Å²) in [5, 5.41) is 12.0. The lowest BCUT2D eigenvalue weighted by Crippen LogP contribution is -2.20. The zero-order valence-electron chi connectivity index (χ0n) is 24.4. The third kappa shape index (κ3) is 5.71. The highest BCUT2D eigenvalue weighted by Gasteiger charge is 2.17. The molecule has 0 spiro atoms. The molecule has 1 aliphatic rings. The Labute approximate surface area is 249 Å². The van der Waals surface area contributed by atoms with Crippen molar-refractivity contribution in [3.05, 3.63) is 78.5 Å². The predicted molar refractivity (Wildman–Crippen MR) is 169 cm³/mol. The topological polar surface area (TPSA) is 102 Å². The fraction of sp³-hybridized carbons (Fsp3) is 0.273. The third-order valence-corrected chi connectivity index (χ3v) is 7.99. The normalized spacial score (nSPS) is 14.0. The first-order chi connectivity index (χ1) is 21.0. The van der Waals surface area contributed by atoms with Crippen molar-refractivity contribution in [3.8, 4) is 33.8 Å². The van der Waals surface area contributed by atoms with Crippen LogP contribution in [0.4, 0.5) is 10.1 Å². The van der Waals surface area contributed by atoms with Crippen molar-refractivity contribution in [2.75, 3.05) is 45.6 Å². The maximum absolute atomic E-state index is 14.7. The van der Waals surface area contributed by atoms with Gasteiger partial charge in [0.15, 0.2) is 0 Å². The molecule has 1 saturated heterocycles. The maximum Gasteiger partial charge on any atom is 0.138 e. The highest BCUT2D eigenvalue weighted by molar-refractivity contribution is 5.99. The SMILES string of the molecule is CN(C)CCNc1cc(F)cc(-c2ccnc3[nH]c(-c4n[nH]c5ccc(-c6cncc(CN7CCCC7)c6)nc45)cc23)c1. The average Bonchev–Trinajstić information content (AvgIpc) is 3.76. The summed E-state index contributed by atoms with van der Waals surface area (Å²) in [7, 11) is 4.03. The van der Waals surface area contributed by atoms with Crippen LogP contribution in [0.3, 0.4) is 0 Å². The number of halogens is 1. The Morgan fingerprint density at radius 2 is 1.88 bits per heavy atom. The number of nitrogens with zero attached hydrogens (tertiary/aromatic N) is 6. The van der Waals surface area contributed by atoms with Crippen LogP contribution in [0.1, 0.15) is 18.4 Å². The molecule has 7 rings (SSSR count). The van der Waals surface area contributed by atoms with Gasteiger partial charge in [0.05, 0.1) is 16.9 Å². The smallest absolute Gasteiger partial charge is 0.138 e. The number of hydrogen-bond donors (Lipinski definition) is 3. The van der Waals surface area contributed by atoms with Crippen LogP contribution in [-0.2, 0) is 6.54 Å². The van der Waals surface area contributed by atoms with E-state index in [1.54, 1.807) is 12.3 Å². The second-order valence-electron chi connectivity index (χ2n) is 11.5. The molecule has 5 aromatic heterocycles. The largest absolute Gasteiger partial charge is 0.384 e. The van der Waals surface area contributed by atoms with Crippen LogP contribution < -0.4 is 5.32 Å². The van der Waals surface area contributed by atoms with Gasteiger partial charge < -0.3 is 15.2 Å². The van der Waals surface area contributed by atoms with E-state index in [1.807, 2.05) is 56.8 Å². The molecule has 0 aliphatic carbocycles. The zero-order valence-corrected chi connectivity index (χ0v) is 24.4. The summed E-state index contributed by atoms with van der Waals surface area (Å²) in [4.78, 5) is 22.1. The van der Waals surface area contributed by atoms with Crippen LogP contribution in [0.25, 0.3) is 55.8 Å². The van der Waals surface area contributed by atoms with Crippen molar-refractivity contribution in [2.45, 2.75) is 19.4 Å². The zero-order chi connectivity index (χ0) is 29.3. The number of hydrogen-bond acceptors (Lipinski definition) is 7. The van der Waals surface area contributed by atoms with Crippen molar-refractivity contribution in [3.63, 3.8) is 0 Å². The lowest BCUT2D eigenvalue weighted by Gasteiger charge is -2.14. The Bertz CT molecular complexity index is 1900. The van der Waals surface area contributed by atoms with Crippen molar-refractivity contribution in [2.24, 2.45) is 0 Å². The molecule has 9 nitrogen and oxygen atoms in total. The van der Waals surface area contributed by atoms with Gasteiger partial charge >= 0.3 is 0 Å². The number of H-pyrrole nitrogens is 2. The second-order valence-corrected chi connectivity index (χ2v) is 11.5. The van der Waals surface area contributed by atoms with E-state index >= 15 is 0 Å². The molecule has 0 saturated carbocycles. The van der Waals surface area contributed by atoms with Crippen LogP contribution in [-0.4, -0.2) is 80.2 Å². The van der Waals surface area contributed by atoms with E-state index in [4.69, 9.17) is 4.98 Å². The number of likely N-dealkylation sites (N-methyl/N-ethyl adjacent to an activating group) is 1. The van der Waals surface area contributed by atoms with E-state index in [1.165, 1.54) is 24.5 Å². The predicted octanol–water partition coefficient (Wildman–Crippen LogP) is 5.94. The quantitative estimate of drug-likeness (QED) is 0.196. The number of nitrogens with one attached hydrogen (secondary N) is 3. The van der Waals surface area contributed by atoms with Gasteiger partial charge in [0.1, 0.15) is 22.7 Å². The molecule has 0 amide bonds. The molecule has 6 heterocycles. The highest BCUT2D eigenvalue weighted by atomic mass is 19.1. The summed E-state index contributed by atoms with van der Waals surface area (Å²) in [5.41, 5.74) is 9.20. The first-order valence-corrected chi connectivity index (χ1v) is 14.7. The summed E-state index contributed by atoms with van der Waals surface area (Å²) in [6, 6.07) is 15.2. The number of fused-ring (bicyclic) bond motifs is 2. The van der Waals surface area contributed by atoms with Crippen LogP contribution in [0.15, 0.2) is 67.1 Å². The van der Waals surface area contributed by atoms with E-state index in [2.05, 4.69) is 46.3 Å². The second kappa shape index (κ2) is 11.5. The first-order valence-electron chi connectivity index (χ1n) is 14.7. The average molecular weight is 576 g/mol. The molecular weight excluding hydrogens is 541 g/mol. The monoisotopic (exact) mass is 575 g/mol. The molecule has 1 fully saturated rings. The minimum absolute atomic E-state index is 0.292. The molecule has 3 N–H and O–H groups in total. The molecule has 1 aromatic carbocycles. The Kier molecular flexibility index (Phi) is 7.30. The number of likely N-dealkylation sites (tertiary alicyclic amines) is 1. The molecule has 0 unspecified atom stereocenters. The third-order valence-electron chi connectivity index (χ3n) is 7.99. The number of aromatic nitrogens is 6. The summed E-state index contributed by atoms with van der Waals surface area (Å²) in [6.45, 7) is 4.75. The van der Waals surface area contributed by atoms with Gasteiger partial charge in [0.2, 0.25) is 0 Å². The van der Waals surface area contributed by atoms with E-state index in [-0.39, 0.29) is 5.82 Å². The van der Waals surface area contributed by atoms with Gasteiger partial charge in [-0.3, -0.25) is 15.0 Å². The van der Waals surface area contributed by atoms with E-state index in [0.29, 0.717) is 11.3 Å². The van der Waals surface area contributed by atoms with Crippen molar-refractivity contribution < 1.29 is 4.39 Å². The van der Waals surface area contributed by atoms with Crippen LogP contribution in [0, 0.1) is 5.82 Å².